The second kappa shape index (κ2) is 6.55. The van der Waals surface area contributed by atoms with Gasteiger partial charge < -0.3 is 14.5 Å². The Morgan fingerprint density at radius 2 is 2.14 bits per heavy atom. The van der Waals surface area contributed by atoms with Crippen LogP contribution in [0.15, 0.2) is 38.0 Å². The van der Waals surface area contributed by atoms with E-state index >= 15 is 0 Å². The van der Waals surface area contributed by atoms with Crippen molar-refractivity contribution < 1.29 is 9.15 Å². The zero-order chi connectivity index (χ0) is 14.8. The van der Waals surface area contributed by atoms with Crippen molar-refractivity contribution >= 4 is 31.9 Å². The van der Waals surface area contributed by atoms with Crippen LogP contribution in [0.4, 0.5) is 0 Å². The minimum absolute atomic E-state index is 0.0578. The van der Waals surface area contributed by atoms with Gasteiger partial charge in [-0.05, 0) is 52.7 Å². The van der Waals surface area contributed by atoms with Gasteiger partial charge in [-0.2, -0.15) is 0 Å². The molecule has 1 aromatic carbocycles. The highest BCUT2D eigenvalue weighted by Gasteiger charge is 2.26. The van der Waals surface area contributed by atoms with Crippen molar-refractivity contribution in [3.63, 3.8) is 0 Å². The Morgan fingerprint density at radius 3 is 2.86 bits per heavy atom. The summed E-state index contributed by atoms with van der Waals surface area (Å²) in [5.41, 5.74) is 3.52. The topological polar surface area (TPSA) is 34.4 Å². The number of rotatable bonds is 5. The molecule has 0 fully saturated rings. The van der Waals surface area contributed by atoms with E-state index in [1.165, 1.54) is 5.56 Å². The molecule has 1 aliphatic rings. The smallest absolute Gasteiger partial charge is 0.174 e. The zero-order valence-electron chi connectivity index (χ0n) is 11.8. The van der Waals surface area contributed by atoms with E-state index in [2.05, 4.69) is 56.2 Å². The molecule has 1 aromatic heterocycles. The molecule has 3 nitrogen and oxygen atoms in total. The van der Waals surface area contributed by atoms with Gasteiger partial charge in [0.1, 0.15) is 5.75 Å². The lowest BCUT2D eigenvalue weighted by Crippen LogP contribution is -2.23. The molecule has 0 bridgehead atoms. The van der Waals surface area contributed by atoms with E-state index in [1.54, 1.807) is 6.26 Å². The molecule has 1 unspecified atom stereocenters. The molecule has 1 atom stereocenters. The first-order valence-electron chi connectivity index (χ1n) is 7.12. The number of hydrogen-bond acceptors (Lipinski definition) is 3. The molecule has 0 radical (unpaired) electrons. The maximum atomic E-state index is 5.88. The molecule has 0 aliphatic carbocycles. The molecule has 21 heavy (non-hydrogen) atoms. The summed E-state index contributed by atoms with van der Waals surface area (Å²) in [7, 11) is 0. The van der Waals surface area contributed by atoms with E-state index in [1.807, 2.05) is 6.07 Å². The van der Waals surface area contributed by atoms with Crippen LogP contribution in [0, 0.1) is 0 Å². The summed E-state index contributed by atoms with van der Waals surface area (Å²) in [6.45, 7) is 3.85. The molecule has 112 valence electrons. The van der Waals surface area contributed by atoms with Gasteiger partial charge in [0, 0.05) is 22.0 Å². The van der Waals surface area contributed by atoms with Gasteiger partial charge >= 0.3 is 0 Å². The number of fused-ring (bicyclic) bond motifs is 1. The Morgan fingerprint density at radius 1 is 1.29 bits per heavy atom. The van der Waals surface area contributed by atoms with E-state index in [4.69, 9.17) is 9.15 Å². The predicted octanol–water partition coefficient (Wildman–Crippen LogP) is 4.83. The molecule has 2 heterocycles. The van der Waals surface area contributed by atoms with Crippen molar-refractivity contribution in [3.05, 3.63) is 50.3 Å². The van der Waals surface area contributed by atoms with Gasteiger partial charge in [-0.25, -0.2) is 0 Å². The fourth-order valence-corrected chi connectivity index (χ4v) is 3.69. The first kappa shape index (κ1) is 15.1. The summed E-state index contributed by atoms with van der Waals surface area (Å²) >= 11 is 7.11. The first-order valence-corrected chi connectivity index (χ1v) is 8.70. The summed E-state index contributed by atoms with van der Waals surface area (Å²) in [4.78, 5) is 0. The standard InChI is InChI=1S/C16H17Br2NO2/c1-2-5-19-14(12-4-7-21-16(12)18)13-9-11(17)8-10-3-6-20-15(10)13/h4,7-9,14,19H,2-3,5-6H2,1H3. The molecular weight excluding hydrogens is 398 g/mol. The molecule has 1 aliphatic heterocycles. The lowest BCUT2D eigenvalue weighted by atomic mass is 9.97. The van der Waals surface area contributed by atoms with Gasteiger partial charge in [0.2, 0.25) is 0 Å². The van der Waals surface area contributed by atoms with Crippen LogP contribution < -0.4 is 10.1 Å². The molecule has 2 aromatic rings. The minimum atomic E-state index is 0.0578. The maximum Gasteiger partial charge on any atom is 0.174 e. The van der Waals surface area contributed by atoms with Gasteiger partial charge in [0.15, 0.2) is 4.67 Å². The van der Waals surface area contributed by atoms with Crippen LogP contribution in [0.2, 0.25) is 0 Å². The number of furan rings is 1. The Hall–Kier alpha value is -0.780. The predicted molar refractivity (Wildman–Crippen MR) is 89.9 cm³/mol. The number of hydrogen-bond donors (Lipinski definition) is 1. The van der Waals surface area contributed by atoms with Crippen LogP contribution in [-0.2, 0) is 6.42 Å². The van der Waals surface area contributed by atoms with Gasteiger partial charge in [0.25, 0.3) is 0 Å². The number of benzene rings is 1. The van der Waals surface area contributed by atoms with Gasteiger partial charge in [0.05, 0.1) is 18.9 Å². The summed E-state index contributed by atoms with van der Waals surface area (Å²) in [5, 5.41) is 3.60. The van der Waals surface area contributed by atoms with E-state index in [9.17, 15) is 0 Å². The number of halogens is 2. The van der Waals surface area contributed by atoms with Crippen LogP contribution >= 0.6 is 31.9 Å². The van der Waals surface area contributed by atoms with Crippen molar-refractivity contribution in [1.29, 1.82) is 0 Å². The van der Waals surface area contributed by atoms with Crippen molar-refractivity contribution in [1.82, 2.24) is 5.32 Å². The van der Waals surface area contributed by atoms with E-state index in [-0.39, 0.29) is 6.04 Å². The van der Waals surface area contributed by atoms with Crippen LogP contribution in [-0.4, -0.2) is 13.2 Å². The molecule has 1 N–H and O–H groups in total. The average molecular weight is 415 g/mol. The molecule has 0 spiro atoms. The quantitative estimate of drug-likeness (QED) is 0.760. The number of ether oxygens (including phenoxy) is 1. The Labute approximate surface area is 141 Å². The van der Waals surface area contributed by atoms with Gasteiger partial charge in [-0.3, -0.25) is 0 Å². The Balaban J connectivity index is 2.07. The van der Waals surface area contributed by atoms with E-state index in [0.29, 0.717) is 0 Å². The van der Waals surface area contributed by atoms with Crippen molar-refractivity contribution in [2.45, 2.75) is 25.8 Å². The van der Waals surface area contributed by atoms with Crippen LogP contribution in [0.3, 0.4) is 0 Å². The summed E-state index contributed by atoms with van der Waals surface area (Å²) in [5.74, 6) is 1.01. The molecule has 3 rings (SSSR count). The average Bonchev–Trinajstić information content (AvgIpc) is 3.08. The highest BCUT2D eigenvalue weighted by atomic mass is 79.9. The van der Waals surface area contributed by atoms with Crippen LogP contribution in [0.25, 0.3) is 0 Å². The van der Waals surface area contributed by atoms with Crippen molar-refractivity contribution in [2.24, 2.45) is 0 Å². The first-order chi connectivity index (χ1) is 10.2. The fourth-order valence-electron chi connectivity index (χ4n) is 2.70. The summed E-state index contributed by atoms with van der Waals surface area (Å²) in [6.07, 6.45) is 3.75. The molecule has 5 heteroatoms. The van der Waals surface area contributed by atoms with Gasteiger partial charge in [-0.15, -0.1) is 0 Å². The number of nitrogens with one attached hydrogen (secondary N) is 1. The normalized spacial score (nSPS) is 14.8. The highest BCUT2D eigenvalue weighted by Crippen LogP contribution is 2.40. The minimum Gasteiger partial charge on any atom is -0.493 e. The third kappa shape index (κ3) is 3.05. The van der Waals surface area contributed by atoms with Crippen molar-refractivity contribution in [3.8, 4) is 5.75 Å². The SMILES string of the molecule is CCCNC(c1ccoc1Br)c1cc(Br)cc2c1OCC2. The molecule has 0 amide bonds. The lowest BCUT2D eigenvalue weighted by Gasteiger charge is -2.21. The van der Waals surface area contributed by atoms with Crippen LogP contribution in [0.1, 0.15) is 36.1 Å². The molecule has 0 saturated carbocycles. The van der Waals surface area contributed by atoms with E-state index in [0.717, 1.165) is 52.0 Å². The summed E-state index contributed by atoms with van der Waals surface area (Å²) in [6, 6.07) is 6.34. The van der Waals surface area contributed by atoms with E-state index < -0.39 is 0 Å². The Bertz CT molecular complexity index is 639. The van der Waals surface area contributed by atoms with Gasteiger partial charge in [-0.1, -0.05) is 22.9 Å². The third-order valence-electron chi connectivity index (χ3n) is 3.64. The lowest BCUT2D eigenvalue weighted by molar-refractivity contribution is 0.350. The Kier molecular flexibility index (Phi) is 4.72. The summed E-state index contributed by atoms with van der Waals surface area (Å²) < 4.78 is 13.2. The fraction of sp³-hybridized carbons (Fsp3) is 0.375. The highest BCUT2D eigenvalue weighted by molar-refractivity contribution is 9.10. The second-order valence-electron chi connectivity index (χ2n) is 5.12. The third-order valence-corrected chi connectivity index (χ3v) is 4.75. The largest absolute Gasteiger partial charge is 0.493 e. The second-order valence-corrected chi connectivity index (χ2v) is 6.75. The molecule has 0 saturated heterocycles. The zero-order valence-corrected chi connectivity index (χ0v) is 15.0. The van der Waals surface area contributed by atoms with Crippen LogP contribution in [0.5, 0.6) is 5.75 Å². The maximum absolute atomic E-state index is 5.88. The monoisotopic (exact) mass is 413 g/mol. The molecular formula is C16H17Br2NO2. The van der Waals surface area contributed by atoms with Crippen molar-refractivity contribution in [2.75, 3.05) is 13.2 Å².